The number of rotatable bonds is 12. The highest BCUT2D eigenvalue weighted by atomic mass is 16.4. The van der Waals surface area contributed by atoms with Gasteiger partial charge >= 0.3 is 5.97 Å². The molecule has 0 atom stereocenters. The van der Waals surface area contributed by atoms with E-state index in [0.29, 0.717) is 6.42 Å². The average Bonchev–Trinajstić information content (AvgIpc) is 2.52. The molecule has 1 aromatic rings. The van der Waals surface area contributed by atoms with Crippen molar-refractivity contribution in [3.05, 3.63) is 29.8 Å². The number of aryl methyl sites for hydroxylation is 1. The molecule has 1 N–H and O–H groups in total. The van der Waals surface area contributed by atoms with Crippen LogP contribution in [0.3, 0.4) is 0 Å². The third kappa shape index (κ3) is 7.48. The Morgan fingerprint density at radius 1 is 0.955 bits per heavy atom. The number of aliphatic carboxylic acids is 1. The Bertz CT molecular complexity index is 404. The first-order chi connectivity index (χ1) is 10.7. The van der Waals surface area contributed by atoms with Gasteiger partial charge in [-0.15, -0.1) is 0 Å². The number of hydrogen-bond donors (Lipinski definition) is 1. The maximum atomic E-state index is 10.6. The van der Waals surface area contributed by atoms with Crippen molar-refractivity contribution in [2.24, 2.45) is 0 Å². The average molecular weight is 305 g/mol. The first-order valence-electron chi connectivity index (χ1n) is 8.73. The predicted molar refractivity (Wildman–Crippen MR) is 93.7 cm³/mol. The van der Waals surface area contributed by atoms with E-state index in [1.165, 1.54) is 44.2 Å². The highest BCUT2D eigenvalue weighted by Crippen LogP contribution is 2.18. The number of hydrogen-bond acceptors (Lipinski definition) is 2. The fourth-order valence-electron chi connectivity index (χ4n) is 2.60. The van der Waals surface area contributed by atoms with Crippen LogP contribution in [-0.4, -0.2) is 24.2 Å². The SMILES string of the molecule is CCCCCN(CCCCC)c1ccc(CCC(=O)O)cc1. The fraction of sp³-hybridized carbons (Fsp3) is 0.632. The molecule has 22 heavy (non-hydrogen) atoms. The molecule has 0 aliphatic carbocycles. The zero-order valence-corrected chi connectivity index (χ0v) is 14.2. The normalized spacial score (nSPS) is 10.6. The number of carboxylic acids is 1. The molecule has 0 saturated carbocycles. The Labute approximate surface area is 135 Å². The molecule has 0 heterocycles. The van der Waals surface area contributed by atoms with E-state index in [9.17, 15) is 4.79 Å². The Morgan fingerprint density at radius 2 is 1.50 bits per heavy atom. The Morgan fingerprint density at radius 3 is 1.95 bits per heavy atom. The molecule has 1 aromatic carbocycles. The fourth-order valence-corrected chi connectivity index (χ4v) is 2.60. The van der Waals surface area contributed by atoms with Crippen molar-refractivity contribution in [1.82, 2.24) is 0 Å². The van der Waals surface area contributed by atoms with Crippen LogP contribution in [0.2, 0.25) is 0 Å². The maximum absolute atomic E-state index is 10.6. The number of unbranched alkanes of at least 4 members (excludes halogenated alkanes) is 4. The van der Waals surface area contributed by atoms with Crippen LogP contribution in [-0.2, 0) is 11.2 Å². The Balaban J connectivity index is 2.60. The van der Waals surface area contributed by atoms with Crippen LogP contribution in [0.1, 0.15) is 64.4 Å². The lowest BCUT2D eigenvalue weighted by molar-refractivity contribution is -0.136. The molecule has 0 fully saturated rings. The van der Waals surface area contributed by atoms with Crippen molar-refractivity contribution < 1.29 is 9.90 Å². The van der Waals surface area contributed by atoms with Gasteiger partial charge in [0, 0.05) is 25.2 Å². The van der Waals surface area contributed by atoms with Crippen molar-refractivity contribution in [3.63, 3.8) is 0 Å². The lowest BCUT2D eigenvalue weighted by Crippen LogP contribution is -2.25. The highest BCUT2D eigenvalue weighted by molar-refractivity contribution is 5.67. The minimum absolute atomic E-state index is 0.204. The minimum Gasteiger partial charge on any atom is -0.481 e. The molecular formula is C19H31NO2. The first kappa shape index (κ1) is 18.5. The molecule has 0 aromatic heterocycles. The van der Waals surface area contributed by atoms with Crippen molar-refractivity contribution in [2.75, 3.05) is 18.0 Å². The largest absolute Gasteiger partial charge is 0.481 e. The molecule has 0 unspecified atom stereocenters. The molecule has 0 bridgehead atoms. The smallest absolute Gasteiger partial charge is 0.303 e. The van der Waals surface area contributed by atoms with Crippen LogP contribution in [0.25, 0.3) is 0 Å². The standard InChI is InChI=1S/C19H31NO2/c1-3-5-7-15-20(16-8-6-4-2)18-12-9-17(10-13-18)11-14-19(21)22/h9-10,12-13H,3-8,11,14-16H2,1-2H3,(H,21,22). The van der Waals surface area contributed by atoms with E-state index in [1.54, 1.807) is 0 Å². The van der Waals surface area contributed by atoms with E-state index < -0.39 is 5.97 Å². The number of carbonyl (C=O) groups is 1. The third-order valence-electron chi connectivity index (χ3n) is 3.99. The number of nitrogens with zero attached hydrogens (tertiary/aromatic N) is 1. The quantitative estimate of drug-likeness (QED) is 0.559. The lowest BCUT2D eigenvalue weighted by Gasteiger charge is -2.25. The molecule has 0 amide bonds. The molecule has 0 aliphatic heterocycles. The van der Waals surface area contributed by atoms with Crippen LogP contribution in [0.4, 0.5) is 5.69 Å². The zero-order chi connectivity index (χ0) is 16.2. The molecule has 0 aliphatic rings. The zero-order valence-electron chi connectivity index (χ0n) is 14.2. The van der Waals surface area contributed by atoms with Crippen molar-refractivity contribution in [2.45, 2.75) is 65.2 Å². The Hall–Kier alpha value is -1.51. The van der Waals surface area contributed by atoms with Gasteiger partial charge in [0.05, 0.1) is 0 Å². The summed E-state index contributed by atoms with van der Waals surface area (Å²) in [6.45, 7) is 6.70. The molecule has 3 nitrogen and oxygen atoms in total. The van der Waals surface area contributed by atoms with Gasteiger partial charge in [0.15, 0.2) is 0 Å². The van der Waals surface area contributed by atoms with Gasteiger partial charge in [0.25, 0.3) is 0 Å². The van der Waals surface area contributed by atoms with Crippen LogP contribution in [0.5, 0.6) is 0 Å². The molecule has 0 spiro atoms. The van der Waals surface area contributed by atoms with Gasteiger partial charge in [-0.1, -0.05) is 51.7 Å². The highest BCUT2D eigenvalue weighted by Gasteiger charge is 2.06. The van der Waals surface area contributed by atoms with E-state index in [4.69, 9.17) is 5.11 Å². The Kier molecular flexibility index (Phi) is 9.36. The number of anilines is 1. The van der Waals surface area contributed by atoms with Crippen molar-refractivity contribution in [3.8, 4) is 0 Å². The monoisotopic (exact) mass is 305 g/mol. The summed E-state index contributed by atoms with van der Waals surface area (Å²) >= 11 is 0. The topological polar surface area (TPSA) is 40.5 Å². The maximum Gasteiger partial charge on any atom is 0.303 e. The van der Waals surface area contributed by atoms with Crippen LogP contribution < -0.4 is 4.90 Å². The van der Waals surface area contributed by atoms with Gasteiger partial charge in [0.1, 0.15) is 0 Å². The minimum atomic E-state index is -0.732. The summed E-state index contributed by atoms with van der Waals surface area (Å²) in [5.41, 5.74) is 2.37. The van der Waals surface area contributed by atoms with Gasteiger partial charge in [-0.2, -0.15) is 0 Å². The molecule has 0 radical (unpaired) electrons. The van der Waals surface area contributed by atoms with Gasteiger partial charge in [-0.3, -0.25) is 4.79 Å². The molecule has 0 saturated heterocycles. The van der Waals surface area contributed by atoms with E-state index in [1.807, 2.05) is 0 Å². The summed E-state index contributed by atoms with van der Waals surface area (Å²) in [5.74, 6) is -0.732. The predicted octanol–water partition coefficient (Wildman–Crippen LogP) is 4.89. The summed E-state index contributed by atoms with van der Waals surface area (Å²) in [7, 11) is 0. The molecular weight excluding hydrogens is 274 g/mol. The molecule has 1 rings (SSSR count). The lowest BCUT2D eigenvalue weighted by atomic mass is 10.1. The second-order valence-corrected chi connectivity index (χ2v) is 5.96. The van der Waals surface area contributed by atoms with E-state index in [0.717, 1.165) is 18.7 Å². The first-order valence-corrected chi connectivity index (χ1v) is 8.73. The second-order valence-electron chi connectivity index (χ2n) is 5.96. The number of carboxylic acid groups (broad SMARTS) is 1. The van der Waals surface area contributed by atoms with Crippen molar-refractivity contribution >= 4 is 11.7 Å². The van der Waals surface area contributed by atoms with Crippen LogP contribution in [0.15, 0.2) is 24.3 Å². The van der Waals surface area contributed by atoms with Crippen LogP contribution in [0, 0.1) is 0 Å². The molecule has 124 valence electrons. The summed E-state index contributed by atoms with van der Waals surface area (Å²) < 4.78 is 0. The number of benzene rings is 1. The molecule has 3 heteroatoms. The summed E-state index contributed by atoms with van der Waals surface area (Å²) in [6, 6.07) is 8.44. The third-order valence-corrected chi connectivity index (χ3v) is 3.99. The van der Waals surface area contributed by atoms with Crippen LogP contribution >= 0.6 is 0 Å². The van der Waals surface area contributed by atoms with E-state index >= 15 is 0 Å². The van der Waals surface area contributed by atoms with Crippen molar-refractivity contribution in [1.29, 1.82) is 0 Å². The second kappa shape index (κ2) is 11.1. The van der Waals surface area contributed by atoms with Gasteiger partial charge in [-0.05, 0) is 37.0 Å². The summed E-state index contributed by atoms with van der Waals surface area (Å²) in [6.07, 6.45) is 8.35. The summed E-state index contributed by atoms with van der Waals surface area (Å²) in [5, 5.41) is 8.75. The van der Waals surface area contributed by atoms with Gasteiger partial charge < -0.3 is 10.0 Å². The summed E-state index contributed by atoms with van der Waals surface area (Å²) in [4.78, 5) is 13.1. The van der Waals surface area contributed by atoms with Gasteiger partial charge in [0.2, 0.25) is 0 Å². The van der Waals surface area contributed by atoms with Gasteiger partial charge in [-0.25, -0.2) is 0 Å². The van der Waals surface area contributed by atoms with E-state index in [2.05, 4.69) is 43.0 Å². The van der Waals surface area contributed by atoms with E-state index in [-0.39, 0.29) is 6.42 Å².